The van der Waals surface area contributed by atoms with Gasteiger partial charge in [-0.05, 0) is 49.9 Å². The van der Waals surface area contributed by atoms with E-state index in [0.29, 0.717) is 54.3 Å². The summed E-state index contributed by atoms with van der Waals surface area (Å²) in [6.07, 6.45) is 0.510. The number of alkyl halides is 3. The molecule has 198 valence electrons. The molecule has 2 aromatic heterocycles. The number of hydrogen-bond donors (Lipinski definition) is 2. The second kappa shape index (κ2) is 9.49. The molecule has 1 aromatic carbocycles. The molecule has 1 aliphatic heterocycles. The summed E-state index contributed by atoms with van der Waals surface area (Å²) < 4.78 is 44.2. The first-order valence-corrected chi connectivity index (χ1v) is 12.5. The molecule has 3 heterocycles. The highest BCUT2D eigenvalue weighted by atomic mass is 19.4. The molecule has 1 saturated carbocycles. The van der Waals surface area contributed by atoms with Crippen LogP contribution in [0.3, 0.4) is 0 Å². The largest absolute Gasteiger partial charge is 0.393 e. The van der Waals surface area contributed by atoms with Crippen molar-refractivity contribution in [2.24, 2.45) is 5.41 Å². The first kappa shape index (κ1) is 25.8. The van der Waals surface area contributed by atoms with Crippen molar-refractivity contribution in [3.63, 3.8) is 0 Å². The number of rotatable bonds is 6. The predicted octanol–water partition coefficient (Wildman–Crippen LogP) is 4.44. The van der Waals surface area contributed by atoms with Gasteiger partial charge < -0.3 is 19.6 Å². The van der Waals surface area contributed by atoms with Crippen LogP contribution >= 0.6 is 0 Å². The van der Waals surface area contributed by atoms with Crippen LogP contribution in [0.25, 0.3) is 11.4 Å². The van der Waals surface area contributed by atoms with Crippen LogP contribution in [0.4, 0.5) is 13.2 Å². The Morgan fingerprint density at radius 1 is 1.05 bits per heavy atom. The molecule has 0 radical (unpaired) electrons. The maximum absolute atomic E-state index is 12.9. The van der Waals surface area contributed by atoms with Gasteiger partial charge in [-0.3, -0.25) is 4.98 Å². The van der Waals surface area contributed by atoms with Gasteiger partial charge in [0, 0.05) is 47.9 Å². The zero-order chi connectivity index (χ0) is 26.4. The molecular weight excluding hydrogens is 485 g/mol. The van der Waals surface area contributed by atoms with Crippen LogP contribution in [-0.4, -0.2) is 62.7 Å². The lowest BCUT2D eigenvalue weighted by Gasteiger charge is -2.55. The molecule has 1 unspecified atom stereocenters. The van der Waals surface area contributed by atoms with Gasteiger partial charge in [-0.15, -0.1) is 0 Å². The third-order valence-electron chi connectivity index (χ3n) is 7.79. The summed E-state index contributed by atoms with van der Waals surface area (Å²) in [5, 5.41) is 26.2. The average molecular weight is 517 g/mol. The van der Waals surface area contributed by atoms with E-state index in [1.54, 1.807) is 30.6 Å². The van der Waals surface area contributed by atoms with E-state index in [1.807, 2.05) is 14.0 Å². The smallest absolute Gasteiger partial charge is 0.393 e. The van der Waals surface area contributed by atoms with E-state index in [-0.39, 0.29) is 17.6 Å². The van der Waals surface area contributed by atoms with Crippen molar-refractivity contribution >= 4 is 0 Å². The Bertz CT molecular complexity index is 1230. The van der Waals surface area contributed by atoms with Gasteiger partial charge in [0.1, 0.15) is 5.60 Å². The molecule has 2 N–H and O–H groups in total. The summed E-state index contributed by atoms with van der Waals surface area (Å²) in [7, 11) is 1.95. The average Bonchev–Trinajstić information content (AvgIpc) is 3.33. The summed E-state index contributed by atoms with van der Waals surface area (Å²) in [6, 6.07) is 7.76. The Hall–Kier alpha value is -2.82. The molecule has 37 heavy (non-hydrogen) atoms. The van der Waals surface area contributed by atoms with Crippen LogP contribution < -0.4 is 0 Å². The van der Waals surface area contributed by atoms with Crippen LogP contribution in [0.5, 0.6) is 0 Å². The van der Waals surface area contributed by atoms with E-state index < -0.39 is 23.6 Å². The maximum atomic E-state index is 12.9. The molecule has 0 amide bonds. The number of benzene rings is 1. The highest BCUT2D eigenvalue weighted by Gasteiger charge is 2.55. The highest BCUT2D eigenvalue weighted by molar-refractivity contribution is 5.56. The van der Waals surface area contributed by atoms with Crippen molar-refractivity contribution in [3.8, 4) is 11.4 Å². The van der Waals surface area contributed by atoms with Crippen LogP contribution in [0.15, 0.2) is 47.2 Å². The summed E-state index contributed by atoms with van der Waals surface area (Å²) in [5.74, 6) is 0.974. The fourth-order valence-electron chi connectivity index (χ4n) is 5.93. The quantitative estimate of drug-likeness (QED) is 0.500. The van der Waals surface area contributed by atoms with Crippen LogP contribution in [0.2, 0.25) is 0 Å². The Labute approximate surface area is 213 Å². The van der Waals surface area contributed by atoms with Crippen molar-refractivity contribution in [2.45, 2.75) is 62.8 Å². The summed E-state index contributed by atoms with van der Waals surface area (Å²) in [4.78, 5) is 11.0. The number of aromatic nitrogens is 3. The zero-order valence-electron chi connectivity index (χ0n) is 20.9. The molecule has 0 spiro atoms. The lowest BCUT2D eigenvalue weighted by molar-refractivity contribution is -0.128. The molecule has 0 bridgehead atoms. The Morgan fingerprint density at radius 3 is 2.35 bits per heavy atom. The lowest BCUT2D eigenvalue weighted by atomic mass is 9.62. The van der Waals surface area contributed by atoms with Gasteiger partial charge in [-0.2, -0.15) is 18.2 Å². The number of nitrogens with zero attached hydrogens (tertiary/aromatic N) is 4. The first-order valence-electron chi connectivity index (χ1n) is 12.5. The topological polar surface area (TPSA) is 95.5 Å². The second-order valence-corrected chi connectivity index (χ2v) is 10.9. The Morgan fingerprint density at radius 2 is 1.73 bits per heavy atom. The number of halogens is 3. The van der Waals surface area contributed by atoms with Crippen molar-refractivity contribution in [3.05, 3.63) is 65.3 Å². The Kier molecular flexibility index (Phi) is 6.62. The minimum Gasteiger partial charge on any atom is -0.393 e. The fourth-order valence-corrected chi connectivity index (χ4v) is 5.93. The van der Waals surface area contributed by atoms with Gasteiger partial charge in [0.2, 0.25) is 11.7 Å². The molecular formula is C27H31F3N4O3. The van der Waals surface area contributed by atoms with Gasteiger partial charge in [0.15, 0.2) is 0 Å². The van der Waals surface area contributed by atoms with Gasteiger partial charge in [0.05, 0.1) is 12.5 Å². The van der Waals surface area contributed by atoms with E-state index in [1.165, 1.54) is 12.1 Å². The van der Waals surface area contributed by atoms with Crippen molar-refractivity contribution in [1.29, 1.82) is 0 Å². The monoisotopic (exact) mass is 516 g/mol. The van der Waals surface area contributed by atoms with E-state index in [0.717, 1.165) is 12.8 Å². The molecule has 7 nitrogen and oxygen atoms in total. The van der Waals surface area contributed by atoms with Crippen LogP contribution in [0.1, 0.15) is 61.1 Å². The van der Waals surface area contributed by atoms with Gasteiger partial charge >= 0.3 is 6.18 Å². The molecule has 2 fully saturated rings. The van der Waals surface area contributed by atoms with Crippen LogP contribution in [-0.2, 0) is 12.0 Å². The molecule has 5 rings (SSSR count). The first-order chi connectivity index (χ1) is 17.5. The maximum Gasteiger partial charge on any atom is 0.393 e. The molecule has 3 aromatic rings. The standard InChI is InChI=1S/C27H31F3N4O3/c1-25(15-34(2)16-25)27(36,20-7-3-17(4-8-20)12-26(28,29)30)21-11-19(13-31-14-21)23-32-24(37-33-23)18-5-9-22(35)10-6-18/h3-4,7-8,11,13-14,18,22,35-36H,5-6,9-10,12,15-16H2,1-2H3/t18-,22+,27?. The lowest BCUT2D eigenvalue weighted by Crippen LogP contribution is -2.63. The zero-order valence-corrected chi connectivity index (χ0v) is 20.9. The third kappa shape index (κ3) is 5.02. The highest BCUT2D eigenvalue weighted by Crippen LogP contribution is 2.50. The molecule has 1 atom stereocenters. The molecule has 10 heteroatoms. The minimum absolute atomic E-state index is 0.0948. The number of pyridine rings is 1. The van der Waals surface area contributed by atoms with E-state index in [9.17, 15) is 23.4 Å². The van der Waals surface area contributed by atoms with Crippen molar-refractivity contribution in [1.82, 2.24) is 20.0 Å². The molecule has 1 saturated heterocycles. The second-order valence-electron chi connectivity index (χ2n) is 10.9. The van der Waals surface area contributed by atoms with Gasteiger partial charge in [0.25, 0.3) is 0 Å². The van der Waals surface area contributed by atoms with E-state index in [2.05, 4.69) is 20.0 Å². The van der Waals surface area contributed by atoms with Crippen molar-refractivity contribution in [2.75, 3.05) is 20.1 Å². The summed E-state index contributed by atoms with van der Waals surface area (Å²) in [5.41, 5.74) is -0.383. The van der Waals surface area contributed by atoms with Crippen LogP contribution in [0, 0.1) is 5.41 Å². The van der Waals surface area contributed by atoms with E-state index in [4.69, 9.17) is 4.52 Å². The van der Waals surface area contributed by atoms with E-state index >= 15 is 0 Å². The summed E-state index contributed by atoms with van der Waals surface area (Å²) in [6.45, 7) is 3.16. The predicted molar refractivity (Wildman–Crippen MR) is 130 cm³/mol. The molecule has 2 aliphatic rings. The fraction of sp³-hybridized carbons (Fsp3) is 0.519. The number of aliphatic hydroxyl groups is 2. The molecule has 1 aliphatic carbocycles. The third-order valence-corrected chi connectivity index (χ3v) is 7.79. The summed E-state index contributed by atoms with van der Waals surface area (Å²) >= 11 is 0. The number of likely N-dealkylation sites (tertiary alicyclic amines) is 1. The minimum atomic E-state index is -4.31. The SMILES string of the molecule is CN1CC(C)(C(O)(c2ccc(CC(F)(F)F)cc2)c2cncc(-c3noc([C@H]4CC[C@@H](O)CC4)n3)c2)C1. The number of hydrogen-bond acceptors (Lipinski definition) is 7. The Balaban J connectivity index is 1.48. The van der Waals surface area contributed by atoms with Gasteiger partial charge in [-0.25, -0.2) is 0 Å². The van der Waals surface area contributed by atoms with Gasteiger partial charge in [-0.1, -0.05) is 36.3 Å². The van der Waals surface area contributed by atoms with Crippen molar-refractivity contribution < 1.29 is 27.9 Å². The number of aliphatic hydroxyl groups excluding tert-OH is 1. The normalized spacial score (nSPS) is 23.9.